The minimum atomic E-state index is -3.67. The summed E-state index contributed by atoms with van der Waals surface area (Å²) in [6.45, 7) is 0.274. The van der Waals surface area contributed by atoms with Crippen molar-refractivity contribution in [3.05, 3.63) is 51.2 Å². The Morgan fingerprint density at radius 2 is 2.05 bits per heavy atom. The molecular formula is C13H13Br2N3O2S. The fourth-order valence-electron chi connectivity index (χ4n) is 1.81. The van der Waals surface area contributed by atoms with E-state index in [0.717, 1.165) is 5.56 Å². The van der Waals surface area contributed by atoms with E-state index < -0.39 is 10.0 Å². The number of hydrogen-bond donors (Lipinski definition) is 2. The average molecular weight is 435 g/mol. The van der Waals surface area contributed by atoms with Gasteiger partial charge in [0, 0.05) is 27.9 Å². The Morgan fingerprint density at radius 1 is 1.29 bits per heavy atom. The van der Waals surface area contributed by atoms with Crippen molar-refractivity contribution in [1.82, 2.24) is 9.71 Å². The fraction of sp³-hybridized carbons (Fsp3) is 0.154. The van der Waals surface area contributed by atoms with E-state index in [2.05, 4.69) is 41.6 Å². The van der Waals surface area contributed by atoms with Crippen LogP contribution in [0.3, 0.4) is 0 Å². The van der Waals surface area contributed by atoms with Gasteiger partial charge in [-0.1, -0.05) is 22.0 Å². The molecule has 0 fully saturated rings. The van der Waals surface area contributed by atoms with Crippen LogP contribution in [0, 0.1) is 0 Å². The number of pyridine rings is 1. The highest BCUT2D eigenvalue weighted by Crippen LogP contribution is 2.31. The molecule has 3 N–H and O–H groups in total. The second kappa shape index (κ2) is 6.87. The molecule has 0 saturated carbocycles. The Morgan fingerprint density at radius 3 is 2.67 bits per heavy atom. The predicted octanol–water partition coefficient (Wildman–Crippen LogP) is 2.71. The van der Waals surface area contributed by atoms with Gasteiger partial charge >= 0.3 is 0 Å². The number of nitrogen functional groups attached to an aromatic ring is 1. The van der Waals surface area contributed by atoms with Gasteiger partial charge in [0.05, 0.1) is 5.69 Å². The molecule has 0 radical (unpaired) electrons. The molecule has 0 amide bonds. The highest BCUT2D eigenvalue weighted by molar-refractivity contribution is 9.11. The minimum Gasteiger partial charge on any atom is -0.398 e. The third kappa shape index (κ3) is 4.26. The molecule has 2 aromatic rings. The number of nitrogens with one attached hydrogen (secondary N) is 1. The third-order valence-corrected chi connectivity index (χ3v) is 5.66. The predicted molar refractivity (Wildman–Crippen MR) is 89.4 cm³/mol. The number of aromatic nitrogens is 1. The first kappa shape index (κ1) is 16.4. The van der Waals surface area contributed by atoms with E-state index in [1.54, 1.807) is 24.5 Å². The zero-order valence-electron chi connectivity index (χ0n) is 10.9. The van der Waals surface area contributed by atoms with Crippen molar-refractivity contribution in [2.75, 3.05) is 12.3 Å². The largest absolute Gasteiger partial charge is 0.398 e. The third-order valence-electron chi connectivity index (χ3n) is 2.73. The summed E-state index contributed by atoms with van der Waals surface area (Å²) in [7, 11) is -3.67. The summed E-state index contributed by atoms with van der Waals surface area (Å²) in [5.74, 6) is 0. The summed E-state index contributed by atoms with van der Waals surface area (Å²) in [6, 6.07) is 6.91. The van der Waals surface area contributed by atoms with Crippen molar-refractivity contribution < 1.29 is 8.42 Å². The number of benzene rings is 1. The van der Waals surface area contributed by atoms with E-state index in [0.29, 0.717) is 15.4 Å². The number of rotatable bonds is 5. The highest BCUT2D eigenvalue weighted by Gasteiger charge is 2.21. The minimum absolute atomic E-state index is 0.0527. The zero-order chi connectivity index (χ0) is 15.5. The van der Waals surface area contributed by atoms with Crippen LogP contribution in [-0.4, -0.2) is 19.9 Å². The number of sulfonamides is 1. The maximum atomic E-state index is 12.3. The van der Waals surface area contributed by atoms with Gasteiger partial charge in [0.2, 0.25) is 10.0 Å². The summed E-state index contributed by atoms with van der Waals surface area (Å²) >= 11 is 6.50. The Balaban J connectivity index is 2.12. The molecule has 0 aliphatic heterocycles. The summed E-state index contributed by atoms with van der Waals surface area (Å²) in [6.07, 6.45) is 3.94. The quantitative estimate of drug-likeness (QED) is 0.708. The van der Waals surface area contributed by atoms with Crippen molar-refractivity contribution in [3.8, 4) is 0 Å². The van der Waals surface area contributed by atoms with Gasteiger partial charge in [-0.2, -0.15) is 0 Å². The van der Waals surface area contributed by atoms with Crippen LogP contribution in [0.2, 0.25) is 0 Å². The van der Waals surface area contributed by atoms with Crippen molar-refractivity contribution in [1.29, 1.82) is 0 Å². The molecule has 0 bridgehead atoms. The van der Waals surface area contributed by atoms with Gasteiger partial charge in [0.25, 0.3) is 0 Å². The second-order valence-electron chi connectivity index (χ2n) is 4.32. The van der Waals surface area contributed by atoms with Crippen LogP contribution < -0.4 is 10.5 Å². The molecule has 0 aliphatic rings. The van der Waals surface area contributed by atoms with Crippen LogP contribution in [0.15, 0.2) is 50.5 Å². The second-order valence-corrected chi connectivity index (χ2v) is 7.79. The van der Waals surface area contributed by atoms with Crippen molar-refractivity contribution in [2.45, 2.75) is 11.3 Å². The van der Waals surface area contributed by atoms with Crippen LogP contribution in [0.1, 0.15) is 5.56 Å². The molecule has 1 heterocycles. The Bertz CT molecular complexity index is 713. The van der Waals surface area contributed by atoms with Gasteiger partial charge < -0.3 is 5.73 Å². The highest BCUT2D eigenvalue weighted by atomic mass is 79.9. The molecule has 0 aliphatic carbocycles. The molecule has 8 heteroatoms. The van der Waals surface area contributed by atoms with E-state index in [1.807, 2.05) is 12.1 Å². The van der Waals surface area contributed by atoms with E-state index in [-0.39, 0.29) is 17.1 Å². The topological polar surface area (TPSA) is 85.1 Å². The fourth-order valence-corrected chi connectivity index (χ4v) is 4.91. The van der Waals surface area contributed by atoms with E-state index in [4.69, 9.17) is 5.73 Å². The van der Waals surface area contributed by atoms with Gasteiger partial charge in [0.1, 0.15) is 4.90 Å². The SMILES string of the molecule is Nc1cc(Br)cc(Br)c1S(=O)(=O)NCCc1cccnc1. The van der Waals surface area contributed by atoms with Crippen LogP contribution in [0.25, 0.3) is 0 Å². The van der Waals surface area contributed by atoms with Crippen LogP contribution in [-0.2, 0) is 16.4 Å². The van der Waals surface area contributed by atoms with Crippen molar-refractivity contribution in [3.63, 3.8) is 0 Å². The van der Waals surface area contributed by atoms with Gasteiger partial charge in [-0.25, -0.2) is 13.1 Å². The van der Waals surface area contributed by atoms with E-state index in [9.17, 15) is 8.42 Å². The van der Waals surface area contributed by atoms with Crippen molar-refractivity contribution in [2.24, 2.45) is 0 Å². The molecule has 2 rings (SSSR count). The molecule has 0 atom stereocenters. The standard InChI is InChI=1S/C13H13Br2N3O2S/c14-10-6-11(15)13(12(16)7-10)21(19,20)18-5-3-9-2-1-4-17-8-9/h1-2,4,6-8,18H,3,5,16H2. The number of nitrogens with two attached hydrogens (primary N) is 1. The molecule has 0 spiro atoms. The lowest BCUT2D eigenvalue weighted by Crippen LogP contribution is -2.27. The molecule has 1 aromatic carbocycles. The first-order chi connectivity index (χ1) is 9.90. The van der Waals surface area contributed by atoms with E-state index >= 15 is 0 Å². The van der Waals surface area contributed by atoms with E-state index in [1.165, 1.54) is 0 Å². The Hall–Kier alpha value is -0.960. The summed E-state index contributed by atoms with van der Waals surface area (Å²) in [5, 5.41) is 0. The van der Waals surface area contributed by atoms with Crippen LogP contribution in [0.5, 0.6) is 0 Å². The first-order valence-electron chi connectivity index (χ1n) is 6.03. The summed E-state index contributed by atoms with van der Waals surface area (Å²) in [5.41, 5.74) is 6.95. The molecule has 1 aromatic heterocycles. The molecular weight excluding hydrogens is 422 g/mol. The smallest absolute Gasteiger partial charge is 0.243 e. The van der Waals surface area contributed by atoms with Crippen LogP contribution in [0.4, 0.5) is 5.69 Å². The number of hydrogen-bond acceptors (Lipinski definition) is 4. The van der Waals surface area contributed by atoms with Gasteiger partial charge in [-0.3, -0.25) is 4.98 Å². The zero-order valence-corrected chi connectivity index (χ0v) is 14.9. The maximum absolute atomic E-state index is 12.3. The van der Waals surface area contributed by atoms with Crippen LogP contribution >= 0.6 is 31.9 Å². The molecule has 0 unspecified atom stereocenters. The first-order valence-corrected chi connectivity index (χ1v) is 9.10. The Kier molecular flexibility index (Phi) is 5.37. The van der Waals surface area contributed by atoms with Gasteiger partial charge in [-0.05, 0) is 46.1 Å². The maximum Gasteiger partial charge on any atom is 0.243 e. The number of anilines is 1. The number of nitrogens with zero attached hydrogens (tertiary/aromatic N) is 1. The molecule has 5 nitrogen and oxygen atoms in total. The molecule has 21 heavy (non-hydrogen) atoms. The summed E-state index contributed by atoms with van der Waals surface area (Å²) < 4.78 is 28.3. The number of halogens is 2. The summed E-state index contributed by atoms with van der Waals surface area (Å²) in [4.78, 5) is 4.04. The normalized spacial score (nSPS) is 11.5. The lowest BCUT2D eigenvalue weighted by Gasteiger charge is -2.11. The van der Waals surface area contributed by atoms with Gasteiger partial charge in [-0.15, -0.1) is 0 Å². The monoisotopic (exact) mass is 433 g/mol. The lowest BCUT2D eigenvalue weighted by atomic mass is 10.2. The molecule has 0 saturated heterocycles. The lowest BCUT2D eigenvalue weighted by molar-refractivity contribution is 0.581. The van der Waals surface area contributed by atoms with Crippen molar-refractivity contribution >= 4 is 47.6 Å². The average Bonchev–Trinajstić information content (AvgIpc) is 2.38. The van der Waals surface area contributed by atoms with Gasteiger partial charge in [0.15, 0.2) is 0 Å². The Labute approximate surface area is 140 Å². The molecule has 112 valence electrons.